The Morgan fingerprint density at radius 3 is 2.53 bits per heavy atom. The lowest BCUT2D eigenvalue weighted by Crippen LogP contribution is -2.28. The van der Waals surface area contributed by atoms with Crippen LogP contribution < -0.4 is 5.56 Å². The molecule has 1 fully saturated rings. The summed E-state index contributed by atoms with van der Waals surface area (Å²) in [6.07, 6.45) is 5.27. The minimum Gasteiger partial charge on any atom is -0.381 e. The number of hydrogen-bond donors (Lipinski definition) is 0. The standard InChI is InChI=1S/C24H22N6O2/c31-24-23-22(27-30(24)19-10-14-32-15-11-19)20-4-1-2-5-21(20)29(26-23)16-17-6-8-18(9-7-17)28-13-3-12-25-28/h1-9,12-13,19H,10-11,14-16H2. The Labute approximate surface area is 184 Å². The van der Waals surface area contributed by atoms with E-state index in [0.29, 0.717) is 31.1 Å². The first kappa shape index (κ1) is 18.9. The Kier molecular flexibility index (Phi) is 4.57. The summed E-state index contributed by atoms with van der Waals surface area (Å²) in [6, 6.07) is 18.2. The van der Waals surface area contributed by atoms with Crippen LogP contribution in [0.5, 0.6) is 0 Å². The molecule has 32 heavy (non-hydrogen) atoms. The maximum Gasteiger partial charge on any atom is 0.297 e. The number of nitrogens with zero attached hydrogens (tertiary/aromatic N) is 6. The molecule has 1 aromatic heterocycles. The van der Waals surface area contributed by atoms with Gasteiger partial charge in [0.05, 0.1) is 23.8 Å². The van der Waals surface area contributed by atoms with Gasteiger partial charge in [-0.25, -0.2) is 9.36 Å². The maximum absolute atomic E-state index is 13.2. The Morgan fingerprint density at radius 1 is 0.938 bits per heavy atom. The molecule has 3 aliphatic rings. The number of rotatable bonds is 4. The summed E-state index contributed by atoms with van der Waals surface area (Å²) in [7, 11) is 0. The topological polar surface area (TPSA) is 79.8 Å². The molecule has 0 radical (unpaired) electrons. The number of aromatic nitrogens is 6. The monoisotopic (exact) mass is 426 g/mol. The number of fused-ring (bicyclic) bond motifs is 3. The average molecular weight is 426 g/mol. The van der Waals surface area contributed by atoms with E-state index in [1.165, 1.54) is 0 Å². The molecule has 0 spiro atoms. The highest BCUT2D eigenvalue weighted by molar-refractivity contribution is 5.92. The second-order valence-electron chi connectivity index (χ2n) is 8.08. The lowest BCUT2D eigenvalue weighted by Gasteiger charge is -2.21. The number of hydrogen-bond acceptors (Lipinski definition) is 5. The van der Waals surface area contributed by atoms with E-state index in [1.807, 2.05) is 58.0 Å². The largest absolute Gasteiger partial charge is 0.381 e. The van der Waals surface area contributed by atoms with Crippen molar-refractivity contribution in [3.8, 4) is 17.1 Å². The van der Waals surface area contributed by atoms with Crippen LogP contribution in [0.3, 0.4) is 0 Å². The first-order chi connectivity index (χ1) is 15.8. The highest BCUT2D eigenvalue weighted by atomic mass is 16.5. The molecule has 1 saturated heterocycles. The number of para-hydroxylation sites is 1. The first-order valence-corrected chi connectivity index (χ1v) is 10.8. The summed E-state index contributed by atoms with van der Waals surface area (Å²) in [5.74, 6) is 0. The van der Waals surface area contributed by atoms with E-state index in [0.717, 1.165) is 35.0 Å². The third-order valence-corrected chi connectivity index (χ3v) is 6.07. The first-order valence-electron chi connectivity index (χ1n) is 10.8. The van der Waals surface area contributed by atoms with Gasteiger partial charge in [-0.1, -0.05) is 30.3 Å². The van der Waals surface area contributed by atoms with Crippen LogP contribution in [0.1, 0.15) is 24.4 Å². The average Bonchev–Trinajstić information content (AvgIpc) is 3.49. The van der Waals surface area contributed by atoms with Crippen molar-refractivity contribution in [3.63, 3.8) is 0 Å². The smallest absolute Gasteiger partial charge is 0.297 e. The lowest BCUT2D eigenvalue weighted by molar-refractivity contribution is 0.0655. The van der Waals surface area contributed by atoms with Crippen molar-refractivity contribution in [2.45, 2.75) is 25.4 Å². The second kappa shape index (κ2) is 7.72. The van der Waals surface area contributed by atoms with Crippen molar-refractivity contribution in [2.75, 3.05) is 13.2 Å². The van der Waals surface area contributed by atoms with E-state index in [1.54, 1.807) is 10.9 Å². The van der Waals surface area contributed by atoms with E-state index in [2.05, 4.69) is 17.2 Å². The highest BCUT2D eigenvalue weighted by Gasteiger charge is 2.26. The molecule has 0 unspecified atom stereocenters. The van der Waals surface area contributed by atoms with Gasteiger partial charge >= 0.3 is 0 Å². The molecule has 3 aromatic rings. The van der Waals surface area contributed by atoms with Gasteiger partial charge in [0.2, 0.25) is 0 Å². The third kappa shape index (κ3) is 3.20. The van der Waals surface area contributed by atoms with Crippen LogP contribution >= 0.6 is 0 Å². The fourth-order valence-corrected chi connectivity index (χ4v) is 4.40. The van der Waals surface area contributed by atoms with Gasteiger partial charge < -0.3 is 4.74 Å². The Morgan fingerprint density at radius 2 is 1.75 bits per heavy atom. The number of ether oxygens (including phenoxy) is 1. The van der Waals surface area contributed by atoms with Gasteiger partial charge in [-0.2, -0.15) is 15.3 Å². The molecular formula is C24H22N6O2. The zero-order valence-corrected chi connectivity index (χ0v) is 17.5. The van der Waals surface area contributed by atoms with E-state index < -0.39 is 0 Å². The molecule has 0 amide bonds. The van der Waals surface area contributed by atoms with Gasteiger partial charge in [0, 0.05) is 31.0 Å². The summed E-state index contributed by atoms with van der Waals surface area (Å²) in [5.41, 5.74) is 4.00. The van der Waals surface area contributed by atoms with Crippen molar-refractivity contribution >= 4 is 10.9 Å². The molecule has 4 heterocycles. The van der Waals surface area contributed by atoms with Gasteiger partial charge in [0.15, 0.2) is 5.69 Å². The summed E-state index contributed by atoms with van der Waals surface area (Å²) in [6.45, 7) is 1.86. The predicted molar refractivity (Wildman–Crippen MR) is 120 cm³/mol. The Balaban J connectivity index is 1.43. The Hall–Kier alpha value is -3.78. The predicted octanol–water partition coefficient (Wildman–Crippen LogP) is 3.28. The van der Waals surface area contributed by atoms with Crippen molar-refractivity contribution in [1.29, 1.82) is 0 Å². The van der Waals surface area contributed by atoms with E-state index in [4.69, 9.17) is 14.9 Å². The van der Waals surface area contributed by atoms with Crippen molar-refractivity contribution in [2.24, 2.45) is 0 Å². The molecule has 3 aliphatic heterocycles. The van der Waals surface area contributed by atoms with Crippen molar-refractivity contribution < 1.29 is 4.74 Å². The molecule has 0 N–H and O–H groups in total. The minimum atomic E-state index is -0.125. The van der Waals surface area contributed by atoms with Gasteiger partial charge in [-0.05, 0) is 42.7 Å². The molecule has 0 aliphatic carbocycles. The van der Waals surface area contributed by atoms with Crippen LogP contribution in [0.15, 0.2) is 71.8 Å². The fourth-order valence-electron chi connectivity index (χ4n) is 4.40. The van der Waals surface area contributed by atoms with E-state index in [-0.39, 0.29) is 11.6 Å². The summed E-state index contributed by atoms with van der Waals surface area (Å²) < 4.78 is 10.8. The summed E-state index contributed by atoms with van der Waals surface area (Å²) in [5, 5.41) is 14.7. The summed E-state index contributed by atoms with van der Waals surface area (Å²) in [4.78, 5) is 13.2. The maximum atomic E-state index is 13.2. The molecule has 0 bridgehead atoms. The van der Waals surface area contributed by atoms with Crippen LogP contribution in [0.4, 0.5) is 0 Å². The number of benzene rings is 2. The van der Waals surface area contributed by atoms with Crippen LogP contribution in [-0.4, -0.2) is 42.6 Å². The lowest BCUT2D eigenvalue weighted by atomic mass is 10.1. The fraction of sp³-hybridized carbons (Fsp3) is 0.250. The van der Waals surface area contributed by atoms with Crippen LogP contribution in [0.25, 0.3) is 28.0 Å². The molecule has 0 saturated carbocycles. The normalized spacial score (nSPS) is 15.0. The molecule has 160 valence electrons. The van der Waals surface area contributed by atoms with Gasteiger partial charge in [-0.15, -0.1) is 0 Å². The zero-order valence-electron chi connectivity index (χ0n) is 17.5. The van der Waals surface area contributed by atoms with E-state index in [9.17, 15) is 4.79 Å². The second-order valence-corrected chi connectivity index (χ2v) is 8.08. The molecule has 6 rings (SSSR count). The third-order valence-electron chi connectivity index (χ3n) is 6.07. The van der Waals surface area contributed by atoms with Crippen LogP contribution in [-0.2, 0) is 11.3 Å². The summed E-state index contributed by atoms with van der Waals surface area (Å²) >= 11 is 0. The van der Waals surface area contributed by atoms with Crippen LogP contribution in [0, 0.1) is 0 Å². The minimum absolute atomic E-state index is 0.0625. The molecule has 0 atom stereocenters. The van der Waals surface area contributed by atoms with Crippen molar-refractivity contribution in [3.05, 3.63) is 82.9 Å². The SMILES string of the molecule is O=c1c2nn(Cc3ccc(-n4cccn4)cc3)c3ccccc3c-2nn1C1CCOCC1. The van der Waals surface area contributed by atoms with Gasteiger partial charge in [-0.3, -0.25) is 9.48 Å². The Bertz CT molecular complexity index is 1400. The van der Waals surface area contributed by atoms with Gasteiger partial charge in [0.1, 0.15) is 5.69 Å². The highest BCUT2D eigenvalue weighted by Crippen LogP contribution is 2.28. The van der Waals surface area contributed by atoms with Crippen molar-refractivity contribution in [1.82, 2.24) is 29.3 Å². The quantitative estimate of drug-likeness (QED) is 0.441. The molecule has 8 nitrogen and oxygen atoms in total. The van der Waals surface area contributed by atoms with Crippen LogP contribution in [0.2, 0.25) is 0 Å². The molecule has 2 aromatic carbocycles. The van der Waals surface area contributed by atoms with Gasteiger partial charge in [0.25, 0.3) is 5.56 Å². The molecule has 8 heteroatoms. The zero-order chi connectivity index (χ0) is 21.5. The molecular weight excluding hydrogens is 404 g/mol. The van der Waals surface area contributed by atoms with E-state index >= 15 is 0 Å².